The van der Waals surface area contributed by atoms with Gasteiger partial charge in [-0.1, -0.05) is 36.4 Å². The highest BCUT2D eigenvalue weighted by atomic mass is 32.2. The van der Waals surface area contributed by atoms with Crippen LogP contribution in [-0.2, 0) is 26.2 Å². The maximum Gasteiger partial charge on any atom is 0.311 e. The number of benzene rings is 2. The topological polar surface area (TPSA) is 129 Å². The van der Waals surface area contributed by atoms with Gasteiger partial charge in [0.2, 0.25) is 10.0 Å². The van der Waals surface area contributed by atoms with E-state index < -0.39 is 22.6 Å². The number of aliphatic hydroxyl groups is 1. The summed E-state index contributed by atoms with van der Waals surface area (Å²) in [5, 5.41) is 21.8. The lowest BCUT2D eigenvalue weighted by molar-refractivity contribution is -0.139. The highest BCUT2D eigenvalue weighted by Gasteiger charge is 2.40. The molecule has 3 N–H and O–H groups in total. The third-order valence-corrected chi connectivity index (χ3v) is 8.73. The van der Waals surface area contributed by atoms with Gasteiger partial charge in [-0.3, -0.25) is 4.79 Å². The largest absolute Gasteiger partial charge is 0.494 e. The first kappa shape index (κ1) is 27.6. The molecule has 1 heterocycles. The molecule has 0 amide bonds. The summed E-state index contributed by atoms with van der Waals surface area (Å²) in [5.74, 6) is -0.0345. The molecule has 1 aliphatic heterocycles. The molecule has 38 heavy (non-hydrogen) atoms. The van der Waals surface area contributed by atoms with E-state index in [2.05, 4.69) is 5.32 Å². The Morgan fingerprint density at radius 3 is 2.63 bits per heavy atom. The summed E-state index contributed by atoms with van der Waals surface area (Å²) in [6, 6.07) is 11.6. The molecule has 2 aliphatic rings. The van der Waals surface area contributed by atoms with Crippen molar-refractivity contribution in [1.29, 1.82) is 5.41 Å². The van der Waals surface area contributed by atoms with Crippen molar-refractivity contribution in [2.75, 3.05) is 32.1 Å². The van der Waals surface area contributed by atoms with Gasteiger partial charge in [-0.05, 0) is 49.1 Å². The molecule has 9 nitrogen and oxygen atoms in total. The summed E-state index contributed by atoms with van der Waals surface area (Å²) in [4.78, 5) is 11.8. The zero-order chi connectivity index (χ0) is 27.3. The second-order valence-corrected chi connectivity index (χ2v) is 11.2. The first-order chi connectivity index (χ1) is 18.3. The van der Waals surface area contributed by atoms with Gasteiger partial charge in [0, 0.05) is 35.9 Å². The highest BCUT2D eigenvalue weighted by molar-refractivity contribution is 7.89. The molecular formula is C28H33N3O6S. The predicted octanol–water partition coefficient (Wildman–Crippen LogP) is 3.50. The third-order valence-electron chi connectivity index (χ3n) is 6.80. The number of carbonyl (C=O) groups excluding carboxylic acids is 1. The van der Waals surface area contributed by atoms with Crippen LogP contribution in [0, 0.1) is 11.3 Å². The summed E-state index contributed by atoms with van der Waals surface area (Å²) in [6.45, 7) is 2.34. The van der Waals surface area contributed by atoms with Crippen LogP contribution < -0.4 is 10.1 Å². The van der Waals surface area contributed by atoms with Crippen molar-refractivity contribution < 1.29 is 27.8 Å². The second-order valence-electron chi connectivity index (χ2n) is 9.28. The lowest BCUT2D eigenvalue weighted by Crippen LogP contribution is -2.33. The summed E-state index contributed by atoms with van der Waals surface area (Å²) < 4.78 is 39.2. The average Bonchev–Trinajstić information content (AvgIpc) is 3.29. The minimum Gasteiger partial charge on any atom is -0.494 e. The van der Waals surface area contributed by atoms with Gasteiger partial charge >= 0.3 is 5.97 Å². The molecule has 10 heteroatoms. The second kappa shape index (κ2) is 11.9. The molecule has 0 saturated carbocycles. The van der Waals surface area contributed by atoms with E-state index in [-0.39, 0.29) is 41.1 Å². The van der Waals surface area contributed by atoms with Crippen molar-refractivity contribution in [3.8, 4) is 5.75 Å². The Labute approximate surface area is 223 Å². The van der Waals surface area contributed by atoms with Crippen LogP contribution in [0.1, 0.15) is 30.9 Å². The van der Waals surface area contributed by atoms with Crippen molar-refractivity contribution in [3.63, 3.8) is 0 Å². The van der Waals surface area contributed by atoms with Gasteiger partial charge in [0.1, 0.15) is 5.75 Å². The minimum atomic E-state index is -3.90. The van der Waals surface area contributed by atoms with Gasteiger partial charge in [0.15, 0.2) is 0 Å². The SMILES string of the molecule is CCOc1ccc(S(=O)(=O)N2C[C@@H](CC3=CC=C3)[C@@H](Nc3ccccc3C(=N)CC(=O)OC)C2)c(CO)c1. The number of para-hydroxylation sites is 1. The van der Waals surface area contributed by atoms with Crippen molar-refractivity contribution in [2.24, 2.45) is 5.92 Å². The molecule has 2 aromatic rings. The fourth-order valence-corrected chi connectivity index (χ4v) is 6.50. The van der Waals surface area contributed by atoms with Crippen LogP contribution in [0.25, 0.3) is 0 Å². The van der Waals surface area contributed by atoms with Crippen LogP contribution in [0.5, 0.6) is 5.75 Å². The van der Waals surface area contributed by atoms with Crippen LogP contribution in [0.3, 0.4) is 0 Å². The maximum absolute atomic E-state index is 13.8. The number of hydrogen-bond donors (Lipinski definition) is 3. The van der Waals surface area contributed by atoms with Gasteiger partial charge in [-0.25, -0.2) is 8.42 Å². The van der Waals surface area contributed by atoms with Crippen molar-refractivity contribution in [3.05, 3.63) is 77.4 Å². The molecule has 0 radical (unpaired) electrons. The van der Waals surface area contributed by atoms with E-state index in [1.165, 1.54) is 17.5 Å². The Balaban J connectivity index is 1.61. The Kier molecular flexibility index (Phi) is 8.65. The molecule has 2 aromatic carbocycles. The van der Waals surface area contributed by atoms with E-state index in [1.54, 1.807) is 24.3 Å². The average molecular weight is 540 g/mol. The van der Waals surface area contributed by atoms with Gasteiger partial charge in [0.25, 0.3) is 0 Å². The summed E-state index contributed by atoms with van der Waals surface area (Å²) in [5.41, 5.74) is 2.77. The molecule has 1 aliphatic carbocycles. The number of hydrogen-bond acceptors (Lipinski definition) is 8. The van der Waals surface area contributed by atoms with Crippen LogP contribution in [-0.4, -0.2) is 62.4 Å². The van der Waals surface area contributed by atoms with Crippen LogP contribution in [0.4, 0.5) is 5.69 Å². The number of nitrogens with zero attached hydrogens (tertiary/aromatic N) is 1. The van der Waals surface area contributed by atoms with E-state index in [4.69, 9.17) is 14.9 Å². The Hall–Kier alpha value is -3.47. The lowest BCUT2D eigenvalue weighted by atomic mass is 9.91. The summed E-state index contributed by atoms with van der Waals surface area (Å²) in [7, 11) is -2.62. The van der Waals surface area contributed by atoms with Crippen LogP contribution in [0.15, 0.2) is 71.2 Å². The Morgan fingerprint density at radius 2 is 1.97 bits per heavy atom. The van der Waals surface area contributed by atoms with Crippen molar-refractivity contribution in [2.45, 2.75) is 37.3 Å². The van der Waals surface area contributed by atoms with E-state index in [9.17, 15) is 18.3 Å². The number of aliphatic hydroxyl groups excluding tert-OH is 1. The number of anilines is 1. The number of ether oxygens (including phenoxy) is 2. The van der Waals surface area contributed by atoms with Gasteiger partial charge in [0.05, 0.1) is 37.4 Å². The first-order valence-corrected chi connectivity index (χ1v) is 13.9. The Morgan fingerprint density at radius 1 is 1.21 bits per heavy atom. The third kappa shape index (κ3) is 5.98. The molecule has 1 saturated heterocycles. The predicted molar refractivity (Wildman–Crippen MR) is 145 cm³/mol. The molecular weight excluding hydrogens is 506 g/mol. The molecule has 0 unspecified atom stereocenters. The van der Waals surface area contributed by atoms with Gasteiger partial charge in [-0.15, -0.1) is 0 Å². The highest BCUT2D eigenvalue weighted by Crippen LogP contribution is 2.34. The smallest absolute Gasteiger partial charge is 0.311 e. The number of sulfonamides is 1. The van der Waals surface area contributed by atoms with Gasteiger partial charge in [-0.2, -0.15) is 4.31 Å². The summed E-state index contributed by atoms with van der Waals surface area (Å²) >= 11 is 0. The molecule has 0 spiro atoms. The van der Waals surface area contributed by atoms with Gasteiger partial charge < -0.3 is 25.3 Å². The molecule has 4 rings (SSSR count). The van der Waals surface area contributed by atoms with E-state index in [0.717, 1.165) is 5.57 Å². The van der Waals surface area contributed by atoms with Crippen molar-refractivity contribution >= 4 is 27.4 Å². The zero-order valence-electron chi connectivity index (χ0n) is 21.5. The minimum absolute atomic E-state index is 0.0379. The number of nitrogens with one attached hydrogen (secondary N) is 2. The first-order valence-electron chi connectivity index (χ1n) is 12.5. The van der Waals surface area contributed by atoms with E-state index >= 15 is 0 Å². The molecule has 1 fully saturated rings. The fourth-order valence-electron chi connectivity index (χ4n) is 4.78. The quantitative estimate of drug-likeness (QED) is 0.278. The fraction of sp³-hybridized carbons (Fsp3) is 0.357. The van der Waals surface area contributed by atoms with E-state index in [1.807, 2.05) is 37.3 Å². The van der Waals surface area contributed by atoms with Crippen LogP contribution >= 0.6 is 0 Å². The number of esters is 1. The molecule has 202 valence electrons. The maximum atomic E-state index is 13.8. The monoisotopic (exact) mass is 539 g/mol. The summed E-state index contributed by atoms with van der Waals surface area (Å²) in [6.07, 6.45) is 6.52. The Bertz CT molecular complexity index is 1370. The molecule has 0 aromatic heterocycles. The standard InChI is InChI=1S/C28H33N3O6S/c1-3-37-22-11-12-27(21(14-22)18-32)38(34,35)31-16-20(13-19-7-6-8-19)26(17-31)30-25-10-5-4-9-23(25)24(29)15-28(33)36-2/h4-12,14,20,26,29-30,32H,3,13,15-18H2,1-2H3/t20-,26+/m1/s1. The number of methoxy groups -OCH3 is 1. The number of rotatable bonds is 12. The molecule has 2 atom stereocenters. The number of carbonyl (C=O) groups is 1. The van der Waals surface area contributed by atoms with Crippen molar-refractivity contribution in [1.82, 2.24) is 4.31 Å². The normalized spacial score (nSPS) is 19.0. The molecule has 0 bridgehead atoms. The lowest BCUT2D eigenvalue weighted by Gasteiger charge is -2.24. The van der Waals surface area contributed by atoms with E-state index in [0.29, 0.717) is 36.6 Å². The van der Waals surface area contributed by atoms with Crippen LogP contribution in [0.2, 0.25) is 0 Å². The zero-order valence-corrected chi connectivity index (χ0v) is 22.3. The number of allylic oxidation sites excluding steroid dienone is 4.